The van der Waals surface area contributed by atoms with Crippen molar-refractivity contribution in [2.75, 3.05) is 5.73 Å². The van der Waals surface area contributed by atoms with Crippen molar-refractivity contribution in [3.8, 4) is 23.3 Å². The van der Waals surface area contributed by atoms with Crippen molar-refractivity contribution in [3.63, 3.8) is 0 Å². The zero-order valence-corrected chi connectivity index (χ0v) is 12.1. The molecular weight excluding hydrogens is 292 g/mol. The highest BCUT2D eigenvalue weighted by molar-refractivity contribution is 5.82. The molecule has 0 atom stereocenters. The summed E-state index contributed by atoms with van der Waals surface area (Å²) in [5, 5.41) is 29.7. The number of hydrogen-bond acceptors (Lipinski definition) is 5. The van der Waals surface area contributed by atoms with E-state index in [1.165, 1.54) is 12.1 Å². The molecule has 0 unspecified atom stereocenters. The van der Waals surface area contributed by atoms with Crippen molar-refractivity contribution in [1.82, 2.24) is 0 Å². The zero-order chi connectivity index (χ0) is 16.6. The summed E-state index contributed by atoms with van der Waals surface area (Å²) in [6, 6.07) is 12.0. The van der Waals surface area contributed by atoms with E-state index in [0.717, 1.165) is 18.4 Å². The van der Waals surface area contributed by atoms with Crippen LogP contribution in [0.25, 0.3) is 11.1 Å². The van der Waals surface area contributed by atoms with E-state index in [1.54, 1.807) is 18.2 Å². The first kappa shape index (κ1) is 14.6. The van der Waals surface area contributed by atoms with Crippen LogP contribution in [0.15, 0.2) is 30.3 Å². The first-order chi connectivity index (χ1) is 11.1. The first-order valence-corrected chi connectivity index (χ1v) is 7.08. The maximum atomic E-state index is 11.0. The molecule has 0 spiro atoms. The highest BCUT2D eigenvalue weighted by atomic mass is 16.6. The molecule has 112 valence electrons. The van der Waals surface area contributed by atoms with Crippen LogP contribution < -0.4 is 5.73 Å². The smallest absolute Gasteiger partial charge is 0.270 e. The summed E-state index contributed by atoms with van der Waals surface area (Å²) < 4.78 is 0. The second-order valence-electron chi connectivity index (χ2n) is 5.48. The van der Waals surface area contributed by atoms with E-state index in [-0.39, 0.29) is 22.9 Å². The molecule has 1 fully saturated rings. The number of nitro benzene ring substituents is 1. The zero-order valence-electron chi connectivity index (χ0n) is 12.1. The van der Waals surface area contributed by atoms with E-state index in [4.69, 9.17) is 5.73 Å². The van der Waals surface area contributed by atoms with Crippen LogP contribution in [-0.2, 0) is 0 Å². The number of non-ortho nitro benzene ring substituents is 1. The molecule has 0 bridgehead atoms. The molecule has 2 aromatic carbocycles. The molecule has 0 heterocycles. The van der Waals surface area contributed by atoms with Crippen LogP contribution in [0.4, 0.5) is 11.4 Å². The molecule has 1 aliphatic rings. The summed E-state index contributed by atoms with van der Waals surface area (Å²) in [6.45, 7) is 0. The lowest BCUT2D eigenvalue weighted by Crippen LogP contribution is -2.02. The van der Waals surface area contributed by atoms with Gasteiger partial charge in [-0.2, -0.15) is 10.5 Å². The monoisotopic (exact) mass is 304 g/mol. The molecule has 23 heavy (non-hydrogen) atoms. The molecule has 0 aliphatic heterocycles. The lowest BCUT2D eigenvalue weighted by Gasteiger charge is -2.13. The minimum absolute atomic E-state index is 0.0534. The average molecular weight is 304 g/mol. The van der Waals surface area contributed by atoms with Crippen LogP contribution in [0.1, 0.15) is 35.4 Å². The minimum atomic E-state index is -0.482. The summed E-state index contributed by atoms with van der Waals surface area (Å²) in [7, 11) is 0. The molecule has 2 aromatic rings. The topological polar surface area (TPSA) is 117 Å². The fourth-order valence-corrected chi connectivity index (χ4v) is 2.70. The van der Waals surface area contributed by atoms with E-state index in [9.17, 15) is 20.6 Å². The number of hydrogen-bond donors (Lipinski definition) is 1. The van der Waals surface area contributed by atoms with Gasteiger partial charge in [0.05, 0.1) is 21.7 Å². The Hall–Kier alpha value is -3.38. The third-order valence-corrected chi connectivity index (χ3v) is 4.01. The summed E-state index contributed by atoms with van der Waals surface area (Å²) >= 11 is 0. The van der Waals surface area contributed by atoms with Crippen molar-refractivity contribution in [2.24, 2.45) is 0 Å². The number of anilines is 1. The minimum Gasteiger partial charge on any atom is -0.397 e. The fraction of sp³-hybridized carbons (Fsp3) is 0.176. The second-order valence-corrected chi connectivity index (χ2v) is 5.48. The number of nitrogens with two attached hydrogens (primary N) is 1. The Morgan fingerprint density at radius 1 is 1.17 bits per heavy atom. The summed E-state index contributed by atoms with van der Waals surface area (Å²) in [6.07, 6.45) is 1.96. The number of nitro groups is 1. The Morgan fingerprint density at radius 3 is 2.43 bits per heavy atom. The maximum Gasteiger partial charge on any atom is 0.270 e. The predicted octanol–water partition coefficient (Wildman–Crippen LogP) is 3.46. The molecule has 3 rings (SSSR count). The summed E-state index contributed by atoms with van der Waals surface area (Å²) in [5.41, 5.74) is 8.57. The van der Waals surface area contributed by atoms with Crippen LogP contribution in [-0.4, -0.2) is 4.92 Å². The lowest BCUT2D eigenvalue weighted by molar-refractivity contribution is -0.384. The van der Waals surface area contributed by atoms with Crippen LogP contribution in [0.5, 0.6) is 0 Å². The number of benzene rings is 2. The predicted molar refractivity (Wildman–Crippen MR) is 84.3 cm³/mol. The van der Waals surface area contributed by atoms with Gasteiger partial charge in [-0.25, -0.2) is 0 Å². The second kappa shape index (κ2) is 5.43. The molecule has 0 aromatic heterocycles. The normalized spacial score (nSPS) is 13.1. The van der Waals surface area contributed by atoms with Crippen molar-refractivity contribution < 1.29 is 4.92 Å². The summed E-state index contributed by atoms with van der Waals surface area (Å²) in [4.78, 5) is 10.5. The van der Waals surface area contributed by atoms with E-state index in [2.05, 4.69) is 6.07 Å². The van der Waals surface area contributed by atoms with Gasteiger partial charge >= 0.3 is 0 Å². The average Bonchev–Trinajstić information content (AvgIpc) is 3.38. The van der Waals surface area contributed by atoms with Gasteiger partial charge in [-0.3, -0.25) is 10.1 Å². The number of nitrogens with zero attached hydrogens (tertiary/aromatic N) is 3. The van der Waals surface area contributed by atoms with E-state index < -0.39 is 4.92 Å². The molecule has 2 N–H and O–H groups in total. The molecule has 6 nitrogen and oxygen atoms in total. The van der Waals surface area contributed by atoms with Gasteiger partial charge in [0.2, 0.25) is 0 Å². The molecule has 0 radical (unpaired) electrons. The van der Waals surface area contributed by atoms with Crippen LogP contribution >= 0.6 is 0 Å². The van der Waals surface area contributed by atoms with Crippen LogP contribution in [0, 0.1) is 32.8 Å². The van der Waals surface area contributed by atoms with Gasteiger partial charge < -0.3 is 5.73 Å². The third kappa shape index (κ3) is 2.47. The highest BCUT2D eigenvalue weighted by Gasteiger charge is 2.29. The highest BCUT2D eigenvalue weighted by Crippen LogP contribution is 2.45. The Bertz CT molecular complexity index is 902. The van der Waals surface area contributed by atoms with E-state index in [1.807, 2.05) is 6.07 Å². The Morgan fingerprint density at radius 2 is 1.87 bits per heavy atom. The maximum absolute atomic E-state index is 11.0. The molecule has 1 saturated carbocycles. The van der Waals surface area contributed by atoms with Gasteiger partial charge in [-0.05, 0) is 36.0 Å². The van der Waals surface area contributed by atoms with Crippen LogP contribution in [0.2, 0.25) is 0 Å². The fourth-order valence-electron chi connectivity index (χ4n) is 2.70. The molecule has 0 amide bonds. The molecule has 0 saturated heterocycles. The molecule has 1 aliphatic carbocycles. The van der Waals surface area contributed by atoms with Gasteiger partial charge in [-0.1, -0.05) is 12.1 Å². The number of nitriles is 2. The van der Waals surface area contributed by atoms with Crippen molar-refractivity contribution >= 4 is 11.4 Å². The van der Waals surface area contributed by atoms with Crippen LogP contribution in [0.3, 0.4) is 0 Å². The largest absolute Gasteiger partial charge is 0.397 e. The van der Waals surface area contributed by atoms with Gasteiger partial charge in [0.1, 0.15) is 12.1 Å². The number of rotatable bonds is 3. The standard InChI is InChI=1S/C17H12N4O2/c18-8-15-13(10-4-5-10)7-14(16(9-19)17(15)20)11-2-1-3-12(6-11)21(22)23/h1-3,6-7,10H,4-5,20H2. The van der Waals surface area contributed by atoms with Gasteiger partial charge in [0.25, 0.3) is 5.69 Å². The Labute approximate surface area is 132 Å². The quantitative estimate of drug-likeness (QED) is 0.529. The summed E-state index contributed by atoms with van der Waals surface area (Å²) in [5.74, 6) is 0.275. The van der Waals surface area contributed by atoms with Gasteiger partial charge in [0, 0.05) is 17.7 Å². The SMILES string of the molecule is N#Cc1c(-c2cccc([N+](=O)[O-])c2)cc(C2CC2)c(C#N)c1N. The van der Waals surface area contributed by atoms with Gasteiger partial charge in [-0.15, -0.1) is 0 Å². The first-order valence-electron chi connectivity index (χ1n) is 7.08. The molecule has 6 heteroatoms. The number of nitrogen functional groups attached to an aromatic ring is 1. The van der Waals surface area contributed by atoms with Crippen molar-refractivity contribution in [1.29, 1.82) is 10.5 Å². The Kier molecular flexibility index (Phi) is 3.44. The lowest BCUT2D eigenvalue weighted by atomic mass is 9.90. The molecular formula is C17H12N4O2. The van der Waals surface area contributed by atoms with Crippen molar-refractivity contribution in [2.45, 2.75) is 18.8 Å². The van der Waals surface area contributed by atoms with E-state index in [0.29, 0.717) is 16.7 Å². The van der Waals surface area contributed by atoms with Gasteiger partial charge in [0.15, 0.2) is 0 Å². The van der Waals surface area contributed by atoms with Crippen molar-refractivity contribution in [3.05, 3.63) is 57.1 Å². The van der Waals surface area contributed by atoms with E-state index >= 15 is 0 Å². The third-order valence-electron chi connectivity index (χ3n) is 4.01. The Balaban J connectivity index is 2.27.